The monoisotopic (exact) mass is 256 g/mol. The molecule has 0 saturated carbocycles. The number of nitrogens with zero attached hydrogens (tertiary/aromatic N) is 1. The van der Waals surface area contributed by atoms with Crippen LogP contribution in [0, 0.1) is 0 Å². The maximum atomic E-state index is 11.7. The van der Waals surface area contributed by atoms with Crippen LogP contribution < -0.4 is 10.1 Å². The van der Waals surface area contributed by atoms with Gasteiger partial charge in [0, 0.05) is 5.54 Å². The molecule has 17 heavy (non-hydrogen) atoms. The molecule has 1 aromatic heterocycles. The van der Waals surface area contributed by atoms with E-state index in [0.717, 1.165) is 0 Å². The predicted octanol–water partition coefficient (Wildman–Crippen LogP) is 2.42. The van der Waals surface area contributed by atoms with Crippen molar-refractivity contribution in [2.24, 2.45) is 0 Å². The van der Waals surface area contributed by atoms with Crippen molar-refractivity contribution in [3.63, 3.8) is 0 Å². The molecule has 1 N–H and O–H groups in total. The number of pyridine rings is 1. The molecule has 0 bridgehead atoms. The van der Waals surface area contributed by atoms with Gasteiger partial charge in [-0.2, -0.15) is 0 Å². The lowest BCUT2D eigenvalue weighted by Crippen LogP contribution is -2.46. The Hall–Kier alpha value is -1.29. The smallest absolute Gasteiger partial charge is 0.261 e. The van der Waals surface area contributed by atoms with Gasteiger partial charge >= 0.3 is 0 Å². The number of nitrogens with one attached hydrogen (secondary N) is 1. The van der Waals surface area contributed by atoms with Gasteiger partial charge in [-0.1, -0.05) is 11.6 Å². The SMILES string of the molecule is CC(Oc1ccc(Cl)nc1)C(=O)NC(C)(C)C. The highest BCUT2D eigenvalue weighted by atomic mass is 35.5. The Morgan fingerprint density at radius 2 is 2.12 bits per heavy atom. The average Bonchev–Trinajstić information content (AvgIpc) is 2.19. The van der Waals surface area contributed by atoms with Crippen LogP contribution in [0.25, 0.3) is 0 Å². The number of carbonyl (C=O) groups is 1. The van der Waals surface area contributed by atoms with Crippen LogP contribution in [0.2, 0.25) is 5.15 Å². The van der Waals surface area contributed by atoms with E-state index in [-0.39, 0.29) is 11.4 Å². The first-order valence-corrected chi connectivity index (χ1v) is 5.76. The Balaban J connectivity index is 2.57. The third-order valence-corrected chi connectivity index (χ3v) is 2.10. The summed E-state index contributed by atoms with van der Waals surface area (Å²) in [5.74, 6) is 0.360. The van der Waals surface area contributed by atoms with Gasteiger partial charge in [0.1, 0.15) is 10.9 Å². The molecule has 1 aromatic rings. The molecule has 0 spiro atoms. The number of hydrogen-bond acceptors (Lipinski definition) is 3. The molecule has 0 aromatic carbocycles. The molecule has 0 radical (unpaired) electrons. The first-order chi connectivity index (χ1) is 7.78. The van der Waals surface area contributed by atoms with Crippen LogP contribution in [0.4, 0.5) is 0 Å². The van der Waals surface area contributed by atoms with E-state index >= 15 is 0 Å². The summed E-state index contributed by atoms with van der Waals surface area (Å²) < 4.78 is 5.44. The van der Waals surface area contributed by atoms with Gasteiger partial charge in [-0.15, -0.1) is 0 Å². The second-order valence-corrected chi connectivity index (χ2v) is 5.20. The normalized spacial score (nSPS) is 13.0. The summed E-state index contributed by atoms with van der Waals surface area (Å²) in [6.45, 7) is 7.44. The van der Waals surface area contributed by atoms with Crippen molar-refractivity contribution >= 4 is 17.5 Å². The van der Waals surface area contributed by atoms with Crippen molar-refractivity contribution < 1.29 is 9.53 Å². The van der Waals surface area contributed by atoms with E-state index in [0.29, 0.717) is 10.9 Å². The molecular formula is C12H17ClN2O2. The molecule has 1 amide bonds. The Bertz CT molecular complexity index is 384. The summed E-state index contributed by atoms with van der Waals surface area (Å²) in [5.41, 5.74) is -0.271. The van der Waals surface area contributed by atoms with E-state index < -0.39 is 6.10 Å². The highest BCUT2D eigenvalue weighted by Gasteiger charge is 2.20. The van der Waals surface area contributed by atoms with Gasteiger partial charge in [0.25, 0.3) is 5.91 Å². The molecule has 1 rings (SSSR count). The van der Waals surface area contributed by atoms with Crippen molar-refractivity contribution in [3.05, 3.63) is 23.5 Å². The standard InChI is InChI=1S/C12H17ClN2O2/c1-8(11(16)15-12(2,3)4)17-9-5-6-10(13)14-7-9/h5-8H,1-4H3,(H,15,16). The molecule has 1 atom stereocenters. The van der Waals surface area contributed by atoms with E-state index in [9.17, 15) is 4.79 Å². The first-order valence-electron chi connectivity index (χ1n) is 5.38. The van der Waals surface area contributed by atoms with E-state index in [1.54, 1.807) is 19.1 Å². The van der Waals surface area contributed by atoms with Crippen LogP contribution in [0.1, 0.15) is 27.7 Å². The molecule has 94 valence electrons. The predicted molar refractivity (Wildman–Crippen MR) is 67.2 cm³/mol. The number of hydrogen-bond donors (Lipinski definition) is 1. The third kappa shape index (κ3) is 5.04. The molecule has 0 saturated heterocycles. The summed E-state index contributed by atoms with van der Waals surface area (Å²) in [6, 6.07) is 3.29. The van der Waals surface area contributed by atoms with Gasteiger partial charge < -0.3 is 10.1 Å². The fraction of sp³-hybridized carbons (Fsp3) is 0.500. The number of aromatic nitrogens is 1. The van der Waals surface area contributed by atoms with Crippen LogP contribution >= 0.6 is 11.6 Å². The molecule has 0 aliphatic heterocycles. The number of rotatable bonds is 3. The minimum absolute atomic E-state index is 0.160. The maximum absolute atomic E-state index is 11.7. The zero-order chi connectivity index (χ0) is 13.1. The van der Waals surface area contributed by atoms with Crippen LogP contribution in [-0.2, 0) is 4.79 Å². The van der Waals surface area contributed by atoms with E-state index in [2.05, 4.69) is 10.3 Å². The lowest BCUT2D eigenvalue weighted by molar-refractivity contribution is -0.128. The topological polar surface area (TPSA) is 51.2 Å². The van der Waals surface area contributed by atoms with Crippen LogP contribution in [0.15, 0.2) is 18.3 Å². The van der Waals surface area contributed by atoms with Crippen LogP contribution in [0.5, 0.6) is 5.75 Å². The number of carbonyl (C=O) groups excluding carboxylic acids is 1. The largest absolute Gasteiger partial charge is 0.479 e. The van der Waals surface area contributed by atoms with Crippen molar-refractivity contribution in [2.75, 3.05) is 0 Å². The van der Waals surface area contributed by atoms with Gasteiger partial charge in [0.2, 0.25) is 0 Å². The summed E-state index contributed by atoms with van der Waals surface area (Å²) in [5, 5.41) is 3.23. The van der Waals surface area contributed by atoms with Gasteiger partial charge in [-0.05, 0) is 39.8 Å². The fourth-order valence-corrected chi connectivity index (χ4v) is 1.27. The minimum atomic E-state index is -0.572. The van der Waals surface area contributed by atoms with E-state index in [1.165, 1.54) is 6.20 Å². The molecule has 5 heteroatoms. The Kier molecular flexibility index (Phi) is 4.34. The summed E-state index contributed by atoms with van der Waals surface area (Å²) in [6.07, 6.45) is 0.917. The quantitative estimate of drug-likeness (QED) is 0.845. The molecule has 0 aliphatic rings. The average molecular weight is 257 g/mol. The maximum Gasteiger partial charge on any atom is 0.261 e. The van der Waals surface area contributed by atoms with Crippen molar-refractivity contribution in [1.29, 1.82) is 0 Å². The summed E-state index contributed by atoms with van der Waals surface area (Å²) >= 11 is 5.65. The zero-order valence-corrected chi connectivity index (χ0v) is 11.2. The fourth-order valence-electron chi connectivity index (χ4n) is 1.16. The lowest BCUT2D eigenvalue weighted by Gasteiger charge is -2.23. The molecule has 4 nitrogen and oxygen atoms in total. The van der Waals surface area contributed by atoms with Gasteiger partial charge in [0.05, 0.1) is 6.20 Å². The van der Waals surface area contributed by atoms with Crippen molar-refractivity contribution in [2.45, 2.75) is 39.3 Å². The zero-order valence-electron chi connectivity index (χ0n) is 10.5. The first kappa shape index (κ1) is 13.8. The molecule has 1 unspecified atom stereocenters. The van der Waals surface area contributed by atoms with Gasteiger partial charge in [-0.25, -0.2) is 4.98 Å². The second kappa shape index (κ2) is 5.36. The van der Waals surface area contributed by atoms with Crippen molar-refractivity contribution in [3.8, 4) is 5.75 Å². The Morgan fingerprint density at radius 3 is 2.59 bits per heavy atom. The second-order valence-electron chi connectivity index (χ2n) is 4.82. The van der Waals surface area contributed by atoms with Crippen LogP contribution in [-0.4, -0.2) is 22.5 Å². The third-order valence-electron chi connectivity index (χ3n) is 1.88. The number of halogens is 1. The van der Waals surface area contributed by atoms with Crippen LogP contribution in [0.3, 0.4) is 0 Å². The highest BCUT2D eigenvalue weighted by molar-refractivity contribution is 6.29. The molecule has 1 heterocycles. The molecule has 0 fully saturated rings. The lowest BCUT2D eigenvalue weighted by atomic mass is 10.1. The van der Waals surface area contributed by atoms with E-state index in [1.807, 2.05) is 20.8 Å². The Labute approximate surface area is 106 Å². The van der Waals surface area contributed by atoms with Gasteiger partial charge in [0.15, 0.2) is 6.10 Å². The van der Waals surface area contributed by atoms with Gasteiger partial charge in [-0.3, -0.25) is 4.79 Å². The minimum Gasteiger partial charge on any atom is -0.479 e. The summed E-state index contributed by atoms with van der Waals surface area (Å²) in [7, 11) is 0. The molecule has 0 aliphatic carbocycles. The highest BCUT2D eigenvalue weighted by Crippen LogP contribution is 2.14. The summed E-state index contributed by atoms with van der Waals surface area (Å²) in [4.78, 5) is 15.6. The Morgan fingerprint density at radius 1 is 1.47 bits per heavy atom. The van der Waals surface area contributed by atoms with Crippen molar-refractivity contribution in [1.82, 2.24) is 10.3 Å². The van der Waals surface area contributed by atoms with E-state index in [4.69, 9.17) is 16.3 Å². The molecular weight excluding hydrogens is 240 g/mol. The number of ether oxygens (including phenoxy) is 1. The number of amides is 1.